The van der Waals surface area contributed by atoms with Crippen molar-refractivity contribution < 1.29 is 9.53 Å². The van der Waals surface area contributed by atoms with Gasteiger partial charge in [0, 0.05) is 13.2 Å². The Morgan fingerprint density at radius 2 is 2.12 bits per heavy atom. The molecule has 0 spiro atoms. The van der Waals surface area contributed by atoms with Crippen LogP contribution in [-0.4, -0.2) is 37.7 Å². The molecular formula is C12H24N2O2. The molecule has 4 heteroatoms. The quantitative estimate of drug-likeness (QED) is 0.649. The van der Waals surface area contributed by atoms with Gasteiger partial charge in [-0.25, -0.2) is 0 Å². The van der Waals surface area contributed by atoms with E-state index in [1.165, 1.54) is 12.8 Å². The summed E-state index contributed by atoms with van der Waals surface area (Å²) in [6.07, 6.45) is 2.62. The minimum Gasteiger partial charge on any atom is -0.374 e. The van der Waals surface area contributed by atoms with Crippen molar-refractivity contribution in [1.82, 2.24) is 10.6 Å². The molecule has 0 atom stereocenters. The molecule has 0 aliphatic heterocycles. The molecule has 1 saturated carbocycles. The predicted molar refractivity (Wildman–Crippen MR) is 64.3 cm³/mol. The van der Waals surface area contributed by atoms with Gasteiger partial charge < -0.3 is 15.4 Å². The van der Waals surface area contributed by atoms with E-state index in [4.69, 9.17) is 4.74 Å². The lowest BCUT2D eigenvalue weighted by atomic mass is 10.1. The highest BCUT2D eigenvalue weighted by molar-refractivity contribution is 5.78. The van der Waals surface area contributed by atoms with Gasteiger partial charge in [-0.1, -0.05) is 0 Å². The van der Waals surface area contributed by atoms with Crippen molar-refractivity contribution in [2.24, 2.45) is 5.92 Å². The SMILES string of the molecule is CCOC(C)(C)CNC(=O)CNCC1CC1. The molecule has 0 bridgehead atoms. The summed E-state index contributed by atoms with van der Waals surface area (Å²) in [5.41, 5.74) is -0.277. The lowest BCUT2D eigenvalue weighted by molar-refractivity contribution is -0.121. The van der Waals surface area contributed by atoms with E-state index in [0.29, 0.717) is 19.7 Å². The van der Waals surface area contributed by atoms with E-state index in [1.807, 2.05) is 20.8 Å². The number of amides is 1. The van der Waals surface area contributed by atoms with Crippen molar-refractivity contribution in [2.45, 2.75) is 39.2 Å². The van der Waals surface area contributed by atoms with Gasteiger partial charge in [0.25, 0.3) is 0 Å². The Morgan fingerprint density at radius 1 is 1.44 bits per heavy atom. The smallest absolute Gasteiger partial charge is 0.234 e. The van der Waals surface area contributed by atoms with E-state index in [0.717, 1.165) is 12.5 Å². The van der Waals surface area contributed by atoms with Gasteiger partial charge in [-0.05, 0) is 46.1 Å². The van der Waals surface area contributed by atoms with Crippen LogP contribution < -0.4 is 10.6 Å². The second kappa shape index (κ2) is 6.21. The summed E-state index contributed by atoms with van der Waals surface area (Å²) in [7, 11) is 0. The molecule has 1 fully saturated rings. The fraction of sp³-hybridized carbons (Fsp3) is 0.917. The zero-order valence-electron chi connectivity index (χ0n) is 10.6. The van der Waals surface area contributed by atoms with E-state index in [1.54, 1.807) is 0 Å². The number of hydrogen-bond donors (Lipinski definition) is 2. The topological polar surface area (TPSA) is 50.4 Å². The Morgan fingerprint density at radius 3 is 2.69 bits per heavy atom. The van der Waals surface area contributed by atoms with Crippen LogP contribution in [0.1, 0.15) is 33.6 Å². The van der Waals surface area contributed by atoms with Crippen molar-refractivity contribution in [3.63, 3.8) is 0 Å². The first-order chi connectivity index (χ1) is 7.53. The fourth-order valence-corrected chi connectivity index (χ4v) is 1.53. The number of ether oxygens (including phenoxy) is 1. The molecule has 0 aromatic rings. The van der Waals surface area contributed by atoms with E-state index in [9.17, 15) is 4.79 Å². The first-order valence-electron chi connectivity index (χ1n) is 6.15. The van der Waals surface area contributed by atoms with Crippen LogP contribution >= 0.6 is 0 Å². The molecule has 0 aromatic heterocycles. The number of nitrogens with one attached hydrogen (secondary N) is 2. The summed E-state index contributed by atoms with van der Waals surface area (Å²) >= 11 is 0. The van der Waals surface area contributed by atoms with Gasteiger partial charge in [-0.3, -0.25) is 4.79 Å². The maximum atomic E-state index is 11.5. The van der Waals surface area contributed by atoms with Crippen molar-refractivity contribution in [2.75, 3.05) is 26.2 Å². The Bertz CT molecular complexity index is 225. The van der Waals surface area contributed by atoms with Gasteiger partial charge in [0.05, 0.1) is 12.1 Å². The van der Waals surface area contributed by atoms with Crippen molar-refractivity contribution in [3.8, 4) is 0 Å². The third kappa shape index (κ3) is 6.08. The molecule has 1 amide bonds. The minimum absolute atomic E-state index is 0.0495. The second-order valence-electron chi connectivity index (χ2n) is 5.04. The summed E-state index contributed by atoms with van der Waals surface area (Å²) in [6.45, 7) is 8.54. The maximum absolute atomic E-state index is 11.5. The third-order valence-electron chi connectivity index (χ3n) is 2.66. The van der Waals surface area contributed by atoms with Crippen LogP contribution in [0, 0.1) is 5.92 Å². The second-order valence-corrected chi connectivity index (χ2v) is 5.04. The van der Waals surface area contributed by atoms with Gasteiger partial charge in [-0.2, -0.15) is 0 Å². The average molecular weight is 228 g/mol. The molecule has 1 aliphatic rings. The van der Waals surface area contributed by atoms with Crippen LogP contribution in [0.4, 0.5) is 0 Å². The highest BCUT2D eigenvalue weighted by atomic mass is 16.5. The van der Waals surface area contributed by atoms with Crippen molar-refractivity contribution in [3.05, 3.63) is 0 Å². The molecule has 1 aliphatic carbocycles. The first kappa shape index (κ1) is 13.5. The molecule has 1 rings (SSSR count). The fourth-order valence-electron chi connectivity index (χ4n) is 1.53. The molecule has 0 heterocycles. The Kier molecular flexibility index (Phi) is 5.22. The van der Waals surface area contributed by atoms with Crippen molar-refractivity contribution in [1.29, 1.82) is 0 Å². The molecular weight excluding hydrogens is 204 g/mol. The lowest BCUT2D eigenvalue weighted by Crippen LogP contribution is -2.43. The molecule has 0 unspecified atom stereocenters. The van der Waals surface area contributed by atoms with Crippen LogP contribution in [0.25, 0.3) is 0 Å². The third-order valence-corrected chi connectivity index (χ3v) is 2.66. The van der Waals surface area contributed by atoms with Gasteiger partial charge in [0.1, 0.15) is 0 Å². The summed E-state index contributed by atoms with van der Waals surface area (Å²) in [4.78, 5) is 11.5. The lowest BCUT2D eigenvalue weighted by Gasteiger charge is -2.24. The largest absolute Gasteiger partial charge is 0.374 e. The minimum atomic E-state index is -0.277. The van der Waals surface area contributed by atoms with Crippen LogP contribution in [0.3, 0.4) is 0 Å². The summed E-state index contributed by atoms with van der Waals surface area (Å²) in [5.74, 6) is 0.862. The van der Waals surface area contributed by atoms with Gasteiger partial charge >= 0.3 is 0 Å². The number of rotatable bonds is 8. The molecule has 4 nitrogen and oxygen atoms in total. The number of carbonyl (C=O) groups excluding carboxylic acids is 1. The van der Waals surface area contributed by atoms with Crippen molar-refractivity contribution >= 4 is 5.91 Å². The van der Waals surface area contributed by atoms with Crippen LogP contribution in [0.15, 0.2) is 0 Å². The molecule has 0 saturated heterocycles. The normalized spacial score (nSPS) is 16.2. The zero-order valence-corrected chi connectivity index (χ0v) is 10.6. The molecule has 94 valence electrons. The van der Waals surface area contributed by atoms with Gasteiger partial charge in [0.2, 0.25) is 5.91 Å². The number of carbonyl (C=O) groups is 1. The molecule has 16 heavy (non-hydrogen) atoms. The Hall–Kier alpha value is -0.610. The predicted octanol–water partition coefficient (Wildman–Crippen LogP) is 0.917. The molecule has 0 radical (unpaired) electrons. The molecule has 2 N–H and O–H groups in total. The Balaban J connectivity index is 2.03. The van der Waals surface area contributed by atoms with E-state index in [-0.39, 0.29) is 11.5 Å². The average Bonchev–Trinajstić information content (AvgIpc) is 2.99. The molecule has 0 aromatic carbocycles. The number of hydrogen-bond acceptors (Lipinski definition) is 3. The summed E-state index contributed by atoms with van der Waals surface area (Å²) < 4.78 is 5.50. The van der Waals surface area contributed by atoms with E-state index >= 15 is 0 Å². The van der Waals surface area contributed by atoms with Gasteiger partial charge in [-0.15, -0.1) is 0 Å². The Labute approximate surface area is 98.1 Å². The van der Waals surface area contributed by atoms with Crippen LogP contribution in [0.5, 0.6) is 0 Å². The van der Waals surface area contributed by atoms with E-state index in [2.05, 4.69) is 10.6 Å². The van der Waals surface area contributed by atoms with Crippen LogP contribution in [-0.2, 0) is 9.53 Å². The summed E-state index contributed by atoms with van der Waals surface area (Å²) in [5, 5.41) is 6.04. The highest BCUT2D eigenvalue weighted by Crippen LogP contribution is 2.27. The van der Waals surface area contributed by atoms with E-state index < -0.39 is 0 Å². The highest BCUT2D eigenvalue weighted by Gasteiger charge is 2.21. The maximum Gasteiger partial charge on any atom is 0.234 e. The van der Waals surface area contributed by atoms with Crippen LogP contribution in [0.2, 0.25) is 0 Å². The standard InChI is InChI=1S/C12H24N2O2/c1-4-16-12(2,3)9-14-11(15)8-13-7-10-5-6-10/h10,13H,4-9H2,1-3H3,(H,14,15). The summed E-state index contributed by atoms with van der Waals surface area (Å²) in [6, 6.07) is 0. The monoisotopic (exact) mass is 228 g/mol. The van der Waals surface area contributed by atoms with Gasteiger partial charge in [0.15, 0.2) is 0 Å². The first-order valence-corrected chi connectivity index (χ1v) is 6.15. The zero-order chi connectivity index (χ0) is 12.0.